The summed E-state index contributed by atoms with van der Waals surface area (Å²) in [7, 11) is 3.13. The molecule has 0 aliphatic carbocycles. The van der Waals surface area contributed by atoms with Crippen molar-refractivity contribution in [3.63, 3.8) is 0 Å². The maximum Gasteiger partial charge on any atom is 0.224 e. The van der Waals surface area contributed by atoms with Crippen LogP contribution in [-0.2, 0) is 11.2 Å². The minimum atomic E-state index is -0.0499. The zero-order chi connectivity index (χ0) is 15.1. The van der Waals surface area contributed by atoms with Gasteiger partial charge in [0.2, 0.25) is 5.91 Å². The number of nitrogens with zero attached hydrogens (tertiary/aromatic N) is 1. The molecule has 1 N–H and O–H groups in total. The third-order valence-electron chi connectivity index (χ3n) is 3.03. The Bertz CT molecular complexity index is 600. The Hall–Kier alpha value is -2.56. The van der Waals surface area contributed by atoms with Gasteiger partial charge < -0.3 is 14.8 Å². The van der Waals surface area contributed by atoms with Crippen LogP contribution >= 0.6 is 0 Å². The Kier molecular flexibility index (Phi) is 5.15. The van der Waals surface area contributed by atoms with Gasteiger partial charge in [-0.1, -0.05) is 6.07 Å². The Balaban J connectivity index is 1.93. The van der Waals surface area contributed by atoms with Crippen LogP contribution in [0.3, 0.4) is 0 Å². The number of amides is 1. The maximum absolute atomic E-state index is 11.9. The van der Waals surface area contributed by atoms with Crippen LogP contribution < -0.4 is 14.8 Å². The number of hydrogen-bond acceptors (Lipinski definition) is 4. The highest BCUT2D eigenvalue weighted by Crippen LogP contribution is 2.29. The first-order chi connectivity index (χ1) is 10.2. The summed E-state index contributed by atoms with van der Waals surface area (Å²) in [5.74, 6) is 1.17. The molecule has 0 radical (unpaired) electrons. The highest BCUT2D eigenvalue weighted by molar-refractivity contribution is 5.91. The van der Waals surface area contributed by atoms with Crippen LogP contribution in [0, 0.1) is 0 Å². The monoisotopic (exact) mass is 286 g/mol. The van der Waals surface area contributed by atoms with Crippen LogP contribution in [0.1, 0.15) is 12.0 Å². The number of carbonyl (C=O) groups excluding carboxylic acids is 1. The van der Waals surface area contributed by atoms with Crippen LogP contribution in [0.5, 0.6) is 11.5 Å². The van der Waals surface area contributed by atoms with E-state index in [0.29, 0.717) is 30.0 Å². The number of pyridine rings is 1. The van der Waals surface area contributed by atoms with Crippen LogP contribution in [0.4, 0.5) is 5.69 Å². The minimum absolute atomic E-state index is 0.0499. The van der Waals surface area contributed by atoms with Gasteiger partial charge in [-0.05, 0) is 30.2 Å². The van der Waals surface area contributed by atoms with E-state index in [1.807, 2.05) is 12.1 Å². The molecule has 110 valence electrons. The molecule has 0 saturated heterocycles. The van der Waals surface area contributed by atoms with E-state index >= 15 is 0 Å². The Morgan fingerprint density at radius 2 is 2.00 bits per heavy atom. The fraction of sp³-hybridized carbons (Fsp3) is 0.250. The van der Waals surface area contributed by atoms with Crippen molar-refractivity contribution in [2.24, 2.45) is 0 Å². The molecule has 2 aromatic rings. The van der Waals surface area contributed by atoms with Crippen molar-refractivity contribution in [3.8, 4) is 11.5 Å². The first kappa shape index (κ1) is 14.8. The first-order valence-corrected chi connectivity index (χ1v) is 6.63. The van der Waals surface area contributed by atoms with Crippen molar-refractivity contribution >= 4 is 11.6 Å². The third-order valence-corrected chi connectivity index (χ3v) is 3.03. The van der Waals surface area contributed by atoms with Crippen LogP contribution in [0.15, 0.2) is 42.7 Å². The summed E-state index contributed by atoms with van der Waals surface area (Å²) in [6, 6.07) is 9.10. The Labute approximate surface area is 123 Å². The average molecular weight is 286 g/mol. The Morgan fingerprint density at radius 1 is 1.19 bits per heavy atom. The molecule has 1 aromatic heterocycles. The van der Waals surface area contributed by atoms with Crippen molar-refractivity contribution in [1.82, 2.24) is 4.98 Å². The second-order valence-corrected chi connectivity index (χ2v) is 4.48. The second kappa shape index (κ2) is 7.28. The first-order valence-electron chi connectivity index (χ1n) is 6.63. The summed E-state index contributed by atoms with van der Waals surface area (Å²) in [6.45, 7) is 0. The highest BCUT2D eigenvalue weighted by Gasteiger charge is 2.07. The van der Waals surface area contributed by atoms with Gasteiger partial charge in [0.05, 0.1) is 14.2 Å². The summed E-state index contributed by atoms with van der Waals surface area (Å²) in [5.41, 5.74) is 1.73. The molecule has 0 bridgehead atoms. The predicted molar refractivity (Wildman–Crippen MR) is 80.7 cm³/mol. The zero-order valence-electron chi connectivity index (χ0n) is 12.1. The number of methoxy groups -OCH3 is 2. The molecule has 2 rings (SSSR count). The molecule has 0 spiro atoms. The molecular weight excluding hydrogens is 268 g/mol. The number of nitrogens with one attached hydrogen (secondary N) is 1. The van der Waals surface area contributed by atoms with Gasteiger partial charge in [-0.15, -0.1) is 0 Å². The topological polar surface area (TPSA) is 60.5 Å². The predicted octanol–water partition coefficient (Wildman–Crippen LogP) is 2.67. The van der Waals surface area contributed by atoms with Gasteiger partial charge in [-0.3, -0.25) is 9.78 Å². The lowest BCUT2D eigenvalue weighted by atomic mass is 10.1. The van der Waals surface area contributed by atoms with E-state index in [2.05, 4.69) is 10.3 Å². The summed E-state index contributed by atoms with van der Waals surface area (Å²) < 4.78 is 10.4. The van der Waals surface area contributed by atoms with E-state index in [-0.39, 0.29) is 5.91 Å². The molecule has 5 heteroatoms. The average Bonchev–Trinajstić information content (AvgIpc) is 2.53. The molecule has 0 aliphatic heterocycles. The molecular formula is C16H18N2O3. The van der Waals surface area contributed by atoms with Gasteiger partial charge in [0, 0.05) is 30.6 Å². The smallest absolute Gasteiger partial charge is 0.224 e. The van der Waals surface area contributed by atoms with Gasteiger partial charge in [0.25, 0.3) is 0 Å². The fourth-order valence-corrected chi connectivity index (χ4v) is 1.94. The van der Waals surface area contributed by atoms with Gasteiger partial charge >= 0.3 is 0 Å². The lowest BCUT2D eigenvalue weighted by molar-refractivity contribution is -0.116. The van der Waals surface area contributed by atoms with Gasteiger partial charge in [-0.25, -0.2) is 0 Å². The molecule has 0 aliphatic rings. The van der Waals surface area contributed by atoms with E-state index < -0.39 is 0 Å². The normalized spacial score (nSPS) is 10.0. The second-order valence-electron chi connectivity index (χ2n) is 4.48. The lowest BCUT2D eigenvalue weighted by Gasteiger charge is -2.10. The molecule has 0 saturated carbocycles. The molecule has 1 aromatic carbocycles. The van der Waals surface area contributed by atoms with E-state index in [0.717, 1.165) is 5.56 Å². The number of benzene rings is 1. The highest BCUT2D eigenvalue weighted by atomic mass is 16.5. The van der Waals surface area contributed by atoms with Crippen LogP contribution in [0.25, 0.3) is 0 Å². The number of ether oxygens (including phenoxy) is 2. The molecule has 1 heterocycles. The quantitative estimate of drug-likeness (QED) is 0.887. The SMILES string of the molecule is COc1ccc(NC(=O)CCc2cccnc2)cc1OC. The van der Waals surface area contributed by atoms with Crippen molar-refractivity contribution in [3.05, 3.63) is 48.3 Å². The summed E-state index contributed by atoms with van der Waals surface area (Å²) in [5, 5.41) is 2.84. The third kappa shape index (κ3) is 4.21. The molecule has 21 heavy (non-hydrogen) atoms. The van der Waals surface area contributed by atoms with Gasteiger partial charge in [-0.2, -0.15) is 0 Å². The standard InChI is InChI=1S/C16H18N2O3/c1-20-14-7-6-13(10-15(14)21-2)18-16(19)8-5-12-4-3-9-17-11-12/h3-4,6-7,9-11H,5,8H2,1-2H3,(H,18,19). The van der Waals surface area contributed by atoms with Crippen LogP contribution in [-0.4, -0.2) is 25.1 Å². The number of rotatable bonds is 6. The minimum Gasteiger partial charge on any atom is -0.493 e. The number of carbonyl (C=O) groups is 1. The van der Waals surface area contributed by atoms with Crippen molar-refractivity contribution in [1.29, 1.82) is 0 Å². The number of aryl methyl sites for hydroxylation is 1. The lowest BCUT2D eigenvalue weighted by Crippen LogP contribution is -2.12. The van der Waals surface area contributed by atoms with Crippen molar-refractivity contribution in [2.75, 3.05) is 19.5 Å². The molecule has 1 amide bonds. The number of anilines is 1. The fourth-order valence-electron chi connectivity index (χ4n) is 1.94. The van der Waals surface area contributed by atoms with Gasteiger partial charge in [0.15, 0.2) is 11.5 Å². The summed E-state index contributed by atoms with van der Waals surface area (Å²) >= 11 is 0. The maximum atomic E-state index is 11.9. The number of hydrogen-bond donors (Lipinski definition) is 1. The van der Waals surface area contributed by atoms with Crippen molar-refractivity contribution in [2.45, 2.75) is 12.8 Å². The molecule has 5 nitrogen and oxygen atoms in total. The summed E-state index contributed by atoms with van der Waals surface area (Å²) in [6.07, 6.45) is 4.55. The largest absolute Gasteiger partial charge is 0.493 e. The van der Waals surface area contributed by atoms with E-state index in [4.69, 9.17) is 9.47 Å². The zero-order valence-corrected chi connectivity index (χ0v) is 12.1. The summed E-state index contributed by atoms with van der Waals surface area (Å²) in [4.78, 5) is 16.0. The molecule has 0 unspecified atom stereocenters. The molecule has 0 atom stereocenters. The Morgan fingerprint density at radius 3 is 2.67 bits per heavy atom. The van der Waals surface area contributed by atoms with E-state index in [1.165, 1.54) is 0 Å². The van der Waals surface area contributed by atoms with E-state index in [9.17, 15) is 4.79 Å². The van der Waals surface area contributed by atoms with Gasteiger partial charge in [0.1, 0.15) is 0 Å². The van der Waals surface area contributed by atoms with Crippen LogP contribution in [0.2, 0.25) is 0 Å². The molecule has 0 fully saturated rings. The number of aromatic nitrogens is 1. The van der Waals surface area contributed by atoms with Crippen molar-refractivity contribution < 1.29 is 14.3 Å². The van der Waals surface area contributed by atoms with E-state index in [1.54, 1.807) is 44.8 Å².